The summed E-state index contributed by atoms with van der Waals surface area (Å²) in [5.41, 5.74) is 3.20. The first-order valence-corrected chi connectivity index (χ1v) is 27.0. The summed E-state index contributed by atoms with van der Waals surface area (Å²) in [6.07, 6.45) is 5.91. The Hall–Kier alpha value is -6.72. The van der Waals surface area contributed by atoms with Gasteiger partial charge in [-0.25, -0.2) is 36.8 Å². The fraction of sp³-hybridized carbons (Fsp3) is 0.388. The van der Waals surface area contributed by atoms with E-state index in [0.29, 0.717) is 133 Å². The minimum Gasteiger partial charge on any atom is -0.464 e. The summed E-state index contributed by atoms with van der Waals surface area (Å²) in [6.45, 7) is 5.19. The summed E-state index contributed by atoms with van der Waals surface area (Å²) in [5, 5.41) is 7.12. The number of sulfone groups is 2. The van der Waals surface area contributed by atoms with Crippen LogP contribution in [-0.4, -0.2) is 130 Å². The van der Waals surface area contributed by atoms with Crippen molar-refractivity contribution in [2.24, 2.45) is 14.1 Å². The highest BCUT2D eigenvalue weighted by atomic mass is 32.2. The lowest BCUT2D eigenvalue weighted by molar-refractivity contribution is 0.120. The summed E-state index contributed by atoms with van der Waals surface area (Å²) >= 11 is 0. The van der Waals surface area contributed by atoms with E-state index in [9.17, 15) is 26.4 Å². The standard InChI is InChI=1S/C49H54N10O10S2/c1-56-30-53-39-26-37(55-46(44(39)48(56)60)50-27-34-5-4-17-68-34)32-7-11-41(59-15-20-67-21-16-59)43(24-32)71(64,65)22-12-33-8-9-35(69-33)28-51-47-45-38(52-29-57(2)49(45)61)25-36(54-47)31-6-10-40(42(23-31)70(3,62)63)58-13-18-66-19-14-58/h6-11,23-26,29-30,34H,4-5,12-22,27-28H2,1-3H3,(H,50,55)(H,51,54). The van der Waals surface area contributed by atoms with Crippen molar-refractivity contribution < 1.29 is 35.5 Å². The predicted molar refractivity (Wildman–Crippen MR) is 269 cm³/mol. The van der Waals surface area contributed by atoms with Gasteiger partial charge in [-0.1, -0.05) is 12.1 Å². The molecule has 3 aliphatic rings. The summed E-state index contributed by atoms with van der Waals surface area (Å²) < 4.78 is 81.3. The van der Waals surface area contributed by atoms with Crippen molar-refractivity contribution >= 4 is 64.5 Å². The van der Waals surface area contributed by atoms with Crippen LogP contribution >= 0.6 is 0 Å². The number of morpholine rings is 2. The van der Waals surface area contributed by atoms with E-state index in [4.69, 9.17) is 28.6 Å². The van der Waals surface area contributed by atoms with Gasteiger partial charge < -0.3 is 48.2 Å². The number of pyridine rings is 2. The number of aromatic nitrogens is 6. The van der Waals surface area contributed by atoms with Crippen molar-refractivity contribution in [1.82, 2.24) is 29.1 Å². The second-order valence-corrected chi connectivity index (χ2v) is 22.0. The highest BCUT2D eigenvalue weighted by molar-refractivity contribution is 7.91. The van der Waals surface area contributed by atoms with Crippen LogP contribution in [0.3, 0.4) is 0 Å². The van der Waals surface area contributed by atoms with Crippen molar-refractivity contribution in [2.45, 2.75) is 41.7 Å². The third-order valence-corrected chi connectivity index (χ3v) is 15.9. The zero-order chi connectivity index (χ0) is 49.4. The molecule has 20 nitrogen and oxygen atoms in total. The topological polar surface area (TPSA) is 235 Å². The predicted octanol–water partition coefficient (Wildman–Crippen LogP) is 4.19. The van der Waals surface area contributed by atoms with Crippen LogP contribution < -0.4 is 31.6 Å². The van der Waals surface area contributed by atoms with Crippen LogP contribution in [0.1, 0.15) is 24.4 Å². The number of ether oxygens (including phenoxy) is 3. The van der Waals surface area contributed by atoms with E-state index in [1.54, 1.807) is 68.7 Å². The van der Waals surface area contributed by atoms with Crippen molar-refractivity contribution in [2.75, 3.05) is 98.2 Å². The van der Waals surface area contributed by atoms with E-state index in [-0.39, 0.29) is 56.9 Å². The SMILES string of the molecule is Cn1cnc2cc(-c3ccc(N4CCOCC4)c(S(C)(=O)=O)c3)nc(NCc3ccc(CCS(=O)(=O)c4cc(-c5cc6ncn(C)c(=O)c6c(NCC6CCCO6)n5)ccc4N4CCOCC4)o3)c2c1=O. The molecule has 1 atom stereocenters. The molecule has 1 unspecified atom stereocenters. The van der Waals surface area contributed by atoms with Crippen molar-refractivity contribution in [3.8, 4) is 22.5 Å². The molecule has 3 fully saturated rings. The number of furan rings is 1. The molecule has 0 bridgehead atoms. The number of nitrogens with one attached hydrogen (secondary N) is 2. The fourth-order valence-corrected chi connectivity index (χ4v) is 11.6. The lowest BCUT2D eigenvalue weighted by Crippen LogP contribution is -2.37. The summed E-state index contributed by atoms with van der Waals surface area (Å²) in [6, 6.07) is 17.3. The van der Waals surface area contributed by atoms with Gasteiger partial charge in [-0.3, -0.25) is 9.59 Å². The number of hydrogen-bond acceptors (Lipinski definition) is 18. The van der Waals surface area contributed by atoms with E-state index in [1.165, 1.54) is 28.0 Å². The average molecular weight is 1010 g/mol. The number of rotatable bonds is 15. The molecule has 372 valence electrons. The molecule has 0 radical (unpaired) electrons. The third-order valence-electron chi connectivity index (χ3n) is 13.0. The van der Waals surface area contributed by atoms with Crippen LogP contribution in [0.5, 0.6) is 0 Å². The van der Waals surface area contributed by atoms with E-state index in [0.717, 1.165) is 12.8 Å². The van der Waals surface area contributed by atoms with E-state index in [1.807, 2.05) is 15.9 Å². The number of anilines is 4. The first kappa shape index (κ1) is 47.9. The van der Waals surface area contributed by atoms with Gasteiger partial charge in [-0.05, 0) is 61.4 Å². The highest BCUT2D eigenvalue weighted by Gasteiger charge is 2.27. The van der Waals surface area contributed by atoms with Gasteiger partial charge in [-0.15, -0.1) is 0 Å². The maximum Gasteiger partial charge on any atom is 0.264 e. The van der Waals surface area contributed by atoms with Gasteiger partial charge in [0.05, 0.1) is 101 Å². The van der Waals surface area contributed by atoms with Gasteiger partial charge >= 0.3 is 0 Å². The van der Waals surface area contributed by atoms with E-state index >= 15 is 0 Å². The van der Waals surface area contributed by atoms with E-state index < -0.39 is 19.7 Å². The zero-order valence-electron chi connectivity index (χ0n) is 39.6. The molecule has 5 aromatic heterocycles. The maximum atomic E-state index is 14.6. The zero-order valence-corrected chi connectivity index (χ0v) is 41.2. The molecule has 3 aliphatic heterocycles. The molecular weight excluding hydrogens is 953 g/mol. The number of hydrogen-bond donors (Lipinski definition) is 2. The summed E-state index contributed by atoms with van der Waals surface area (Å²) in [5.74, 6) is 1.17. The minimum atomic E-state index is -3.97. The van der Waals surface area contributed by atoms with Crippen molar-refractivity contribution in [3.05, 3.63) is 106 Å². The van der Waals surface area contributed by atoms with Crippen LogP contribution in [0, 0.1) is 0 Å². The molecule has 7 aromatic rings. The second kappa shape index (κ2) is 19.8. The van der Waals surface area contributed by atoms with Gasteiger partial charge in [0.2, 0.25) is 0 Å². The fourth-order valence-electron chi connectivity index (χ4n) is 9.20. The molecule has 0 spiro atoms. The van der Waals surface area contributed by atoms with Crippen LogP contribution in [0.15, 0.2) is 97.1 Å². The van der Waals surface area contributed by atoms with Crippen LogP contribution in [0.2, 0.25) is 0 Å². The molecule has 2 aromatic carbocycles. The Morgan fingerprint density at radius 2 is 1.20 bits per heavy atom. The highest BCUT2D eigenvalue weighted by Crippen LogP contribution is 2.36. The lowest BCUT2D eigenvalue weighted by atomic mass is 10.1. The average Bonchev–Trinajstić information content (AvgIpc) is 4.09. The number of fused-ring (bicyclic) bond motifs is 2. The smallest absolute Gasteiger partial charge is 0.264 e. The Labute approximate surface area is 409 Å². The second-order valence-electron chi connectivity index (χ2n) is 18.0. The maximum absolute atomic E-state index is 14.6. The van der Waals surface area contributed by atoms with Crippen LogP contribution in [0.25, 0.3) is 44.3 Å². The third kappa shape index (κ3) is 10.1. The normalized spacial score (nSPS) is 16.8. The molecule has 3 saturated heterocycles. The summed E-state index contributed by atoms with van der Waals surface area (Å²) in [7, 11) is -4.41. The van der Waals surface area contributed by atoms with Gasteiger partial charge in [0.1, 0.15) is 33.9 Å². The molecule has 71 heavy (non-hydrogen) atoms. The molecule has 10 rings (SSSR count). The number of aryl methyl sites for hydroxylation is 3. The molecular formula is C49H54N10O10S2. The first-order valence-electron chi connectivity index (χ1n) is 23.5. The van der Waals surface area contributed by atoms with Gasteiger partial charge in [0.15, 0.2) is 19.7 Å². The molecule has 0 saturated carbocycles. The molecule has 2 N–H and O–H groups in total. The summed E-state index contributed by atoms with van der Waals surface area (Å²) in [4.78, 5) is 50.0. The first-order chi connectivity index (χ1) is 34.2. The monoisotopic (exact) mass is 1010 g/mol. The molecule has 0 amide bonds. The molecule has 8 heterocycles. The van der Waals surface area contributed by atoms with Gasteiger partial charge in [0.25, 0.3) is 11.1 Å². The van der Waals surface area contributed by atoms with Gasteiger partial charge in [0, 0.05) is 77.2 Å². The quantitative estimate of drug-likeness (QED) is 0.146. The van der Waals surface area contributed by atoms with Crippen molar-refractivity contribution in [3.63, 3.8) is 0 Å². The van der Waals surface area contributed by atoms with Crippen molar-refractivity contribution in [1.29, 1.82) is 0 Å². The van der Waals surface area contributed by atoms with Crippen LogP contribution in [-0.2, 0) is 60.9 Å². The molecule has 22 heteroatoms. The Balaban J connectivity index is 0.913. The Morgan fingerprint density at radius 3 is 1.75 bits per heavy atom. The Kier molecular flexibility index (Phi) is 13.4. The molecule has 0 aliphatic carbocycles. The number of nitrogens with zero attached hydrogens (tertiary/aromatic N) is 8. The number of benzene rings is 2. The Morgan fingerprint density at radius 1 is 0.662 bits per heavy atom. The lowest BCUT2D eigenvalue weighted by Gasteiger charge is -2.30. The van der Waals surface area contributed by atoms with Gasteiger partial charge in [-0.2, -0.15) is 0 Å². The minimum absolute atomic E-state index is 0.0271. The van der Waals surface area contributed by atoms with E-state index in [2.05, 4.69) is 20.6 Å². The Bertz CT molecular complexity index is 3510. The largest absolute Gasteiger partial charge is 0.464 e. The van der Waals surface area contributed by atoms with Crippen LogP contribution in [0.4, 0.5) is 23.0 Å².